The van der Waals surface area contributed by atoms with Crippen molar-refractivity contribution in [3.05, 3.63) is 30.5 Å². The van der Waals surface area contributed by atoms with E-state index in [1.54, 1.807) is 6.20 Å². The fourth-order valence-electron chi connectivity index (χ4n) is 3.89. The van der Waals surface area contributed by atoms with Gasteiger partial charge in [0.15, 0.2) is 0 Å². The first kappa shape index (κ1) is 23.1. The van der Waals surface area contributed by atoms with E-state index in [0.29, 0.717) is 37.0 Å². The SMILES string of the molecule is CCOC(CC(C)C)(CC(C)C)C(=O)Nc1ccc(OC(C)C)c2ncccc12. The van der Waals surface area contributed by atoms with E-state index in [4.69, 9.17) is 9.47 Å². The third kappa shape index (κ3) is 5.92. The Morgan fingerprint density at radius 3 is 2.28 bits per heavy atom. The molecule has 0 bridgehead atoms. The maximum atomic E-state index is 13.5. The number of nitrogens with one attached hydrogen (secondary N) is 1. The molecule has 1 heterocycles. The third-order valence-corrected chi connectivity index (χ3v) is 4.65. The lowest BCUT2D eigenvalue weighted by molar-refractivity contribution is -0.146. The Morgan fingerprint density at radius 2 is 1.72 bits per heavy atom. The molecule has 29 heavy (non-hydrogen) atoms. The van der Waals surface area contributed by atoms with E-state index in [1.165, 1.54) is 0 Å². The smallest absolute Gasteiger partial charge is 0.256 e. The number of rotatable bonds is 10. The van der Waals surface area contributed by atoms with Gasteiger partial charge in [-0.05, 0) is 69.7 Å². The summed E-state index contributed by atoms with van der Waals surface area (Å²) in [6.45, 7) is 14.9. The van der Waals surface area contributed by atoms with Crippen molar-refractivity contribution in [1.29, 1.82) is 0 Å². The Bertz CT molecular complexity index is 805. The number of fused-ring (bicyclic) bond motifs is 1. The zero-order chi connectivity index (χ0) is 21.6. The highest BCUT2D eigenvalue weighted by Gasteiger charge is 2.40. The second-order valence-corrected chi connectivity index (χ2v) is 8.75. The highest BCUT2D eigenvalue weighted by atomic mass is 16.5. The maximum absolute atomic E-state index is 13.5. The van der Waals surface area contributed by atoms with Crippen LogP contribution in [0.5, 0.6) is 5.75 Å². The molecule has 2 aromatic rings. The first-order valence-corrected chi connectivity index (χ1v) is 10.7. The van der Waals surface area contributed by atoms with Crippen LogP contribution in [0.2, 0.25) is 0 Å². The minimum atomic E-state index is -0.848. The van der Waals surface area contributed by atoms with Crippen LogP contribution in [-0.4, -0.2) is 29.2 Å². The first-order chi connectivity index (χ1) is 13.7. The van der Waals surface area contributed by atoms with Crippen molar-refractivity contribution in [2.75, 3.05) is 11.9 Å². The first-order valence-electron chi connectivity index (χ1n) is 10.7. The number of nitrogens with zero attached hydrogens (tertiary/aromatic N) is 1. The highest BCUT2D eigenvalue weighted by Crippen LogP contribution is 2.34. The van der Waals surface area contributed by atoms with Gasteiger partial charge in [0, 0.05) is 18.2 Å². The third-order valence-electron chi connectivity index (χ3n) is 4.65. The standard InChI is InChI=1S/C24H36N2O3/c1-8-28-24(14-16(2)3,15-17(4)5)23(27)26-20-11-12-21(29-18(6)7)22-19(20)10-9-13-25-22/h9-13,16-18H,8,14-15H2,1-7H3,(H,26,27). The van der Waals surface area contributed by atoms with E-state index in [9.17, 15) is 4.79 Å². The van der Waals surface area contributed by atoms with E-state index >= 15 is 0 Å². The molecule has 0 saturated heterocycles. The Hall–Kier alpha value is -2.14. The summed E-state index contributed by atoms with van der Waals surface area (Å²) in [4.78, 5) is 18.0. The van der Waals surface area contributed by atoms with Crippen molar-refractivity contribution in [2.24, 2.45) is 11.8 Å². The number of pyridine rings is 1. The number of hydrogen-bond donors (Lipinski definition) is 1. The molecule has 5 heteroatoms. The summed E-state index contributed by atoms with van der Waals surface area (Å²) in [5.74, 6) is 1.30. The number of anilines is 1. The Kier molecular flexibility index (Phi) is 8.03. The van der Waals surface area contributed by atoms with Gasteiger partial charge in [-0.3, -0.25) is 9.78 Å². The second kappa shape index (κ2) is 10.1. The predicted octanol–water partition coefficient (Wildman–Crippen LogP) is 5.83. The monoisotopic (exact) mass is 400 g/mol. The molecule has 0 atom stereocenters. The summed E-state index contributed by atoms with van der Waals surface area (Å²) in [6, 6.07) is 7.59. The van der Waals surface area contributed by atoms with Gasteiger partial charge in [-0.25, -0.2) is 0 Å². The molecule has 1 amide bonds. The molecule has 0 spiro atoms. The lowest BCUT2D eigenvalue weighted by Gasteiger charge is -2.35. The minimum absolute atomic E-state index is 0.0448. The molecule has 1 N–H and O–H groups in total. The minimum Gasteiger partial charge on any atom is -0.489 e. The van der Waals surface area contributed by atoms with Crippen molar-refractivity contribution in [1.82, 2.24) is 4.98 Å². The van der Waals surface area contributed by atoms with Gasteiger partial charge in [-0.2, -0.15) is 0 Å². The van der Waals surface area contributed by atoms with Crippen LogP contribution in [0.15, 0.2) is 30.5 Å². The molecular formula is C24H36N2O3. The molecule has 0 aliphatic heterocycles. The molecule has 0 fully saturated rings. The number of benzene rings is 1. The van der Waals surface area contributed by atoms with Crippen LogP contribution in [0.25, 0.3) is 10.9 Å². The number of carbonyl (C=O) groups excluding carboxylic acids is 1. The summed E-state index contributed by atoms with van der Waals surface area (Å²) < 4.78 is 12.0. The van der Waals surface area contributed by atoms with Gasteiger partial charge in [0.1, 0.15) is 16.9 Å². The molecule has 0 aliphatic rings. The van der Waals surface area contributed by atoms with Gasteiger partial charge >= 0.3 is 0 Å². The van der Waals surface area contributed by atoms with Gasteiger partial charge < -0.3 is 14.8 Å². The molecule has 5 nitrogen and oxygen atoms in total. The van der Waals surface area contributed by atoms with E-state index in [1.807, 2.05) is 45.0 Å². The lowest BCUT2D eigenvalue weighted by atomic mass is 9.83. The summed E-state index contributed by atoms with van der Waals surface area (Å²) in [5.41, 5.74) is 0.623. The second-order valence-electron chi connectivity index (χ2n) is 8.75. The lowest BCUT2D eigenvalue weighted by Crippen LogP contribution is -2.47. The quantitative estimate of drug-likeness (QED) is 0.545. The van der Waals surface area contributed by atoms with Crippen LogP contribution in [0.4, 0.5) is 5.69 Å². The largest absolute Gasteiger partial charge is 0.489 e. The van der Waals surface area contributed by atoms with Crippen molar-refractivity contribution in [2.45, 2.75) is 73.0 Å². The van der Waals surface area contributed by atoms with Crippen LogP contribution in [0.1, 0.15) is 61.3 Å². The van der Waals surface area contributed by atoms with E-state index in [0.717, 1.165) is 16.6 Å². The molecule has 160 valence electrons. The summed E-state index contributed by atoms with van der Waals surface area (Å²) in [7, 11) is 0. The van der Waals surface area contributed by atoms with Gasteiger partial charge in [-0.15, -0.1) is 0 Å². The zero-order valence-electron chi connectivity index (χ0n) is 18.9. The summed E-state index contributed by atoms with van der Waals surface area (Å²) >= 11 is 0. The van der Waals surface area contributed by atoms with Crippen LogP contribution in [-0.2, 0) is 9.53 Å². The number of aromatic nitrogens is 1. The molecule has 2 rings (SSSR count). The number of amides is 1. The molecule has 0 saturated carbocycles. The van der Waals surface area contributed by atoms with Crippen LogP contribution >= 0.6 is 0 Å². The van der Waals surface area contributed by atoms with Crippen LogP contribution in [0, 0.1) is 11.8 Å². The van der Waals surface area contributed by atoms with Crippen LogP contribution < -0.4 is 10.1 Å². The fraction of sp³-hybridized carbons (Fsp3) is 0.583. The Balaban J connectivity index is 2.44. The van der Waals surface area contributed by atoms with Crippen molar-refractivity contribution < 1.29 is 14.3 Å². The molecule has 1 aromatic heterocycles. The van der Waals surface area contributed by atoms with E-state index in [-0.39, 0.29) is 12.0 Å². The van der Waals surface area contributed by atoms with Crippen molar-refractivity contribution in [3.8, 4) is 5.75 Å². The van der Waals surface area contributed by atoms with Gasteiger partial charge in [0.05, 0.1) is 11.8 Å². The molecule has 1 aromatic carbocycles. The van der Waals surface area contributed by atoms with Gasteiger partial charge in [0.2, 0.25) is 0 Å². The Labute approximate surface area is 175 Å². The Morgan fingerprint density at radius 1 is 1.07 bits per heavy atom. The number of carbonyl (C=O) groups is 1. The molecule has 0 aliphatic carbocycles. The maximum Gasteiger partial charge on any atom is 0.256 e. The average Bonchev–Trinajstić information content (AvgIpc) is 2.62. The topological polar surface area (TPSA) is 60.5 Å². The zero-order valence-corrected chi connectivity index (χ0v) is 18.9. The number of hydrogen-bond acceptors (Lipinski definition) is 4. The number of ether oxygens (including phenoxy) is 2. The molecular weight excluding hydrogens is 364 g/mol. The normalized spacial score (nSPS) is 12.2. The summed E-state index contributed by atoms with van der Waals surface area (Å²) in [6.07, 6.45) is 3.14. The van der Waals surface area contributed by atoms with Gasteiger partial charge in [0.25, 0.3) is 5.91 Å². The van der Waals surface area contributed by atoms with Crippen molar-refractivity contribution >= 4 is 22.5 Å². The predicted molar refractivity (Wildman–Crippen MR) is 119 cm³/mol. The van der Waals surface area contributed by atoms with Gasteiger partial charge in [-0.1, -0.05) is 27.7 Å². The highest BCUT2D eigenvalue weighted by molar-refractivity contribution is 6.05. The molecule has 0 radical (unpaired) electrons. The molecule has 0 unspecified atom stereocenters. The fourth-order valence-corrected chi connectivity index (χ4v) is 3.89. The average molecular weight is 401 g/mol. The summed E-state index contributed by atoms with van der Waals surface area (Å²) in [5, 5.41) is 4.00. The van der Waals surface area contributed by atoms with Crippen LogP contribution in [0.3, 0.4) is 0 Å². The van der Waals surface area contributed by atoms with E-state index in [2.05, 4.69) is 38.0 Å². The van der Waals surface area contributed by atoms with E-state index < -0.39 is 5.60 Å². The van der Waals surface area contributed by atoms with Crippen molar-refractivity contribution in [3.63, 3.8) is 0 Å².